The topological polar surface area (TPSA) is 80.0 Å². The van der Waals surface area contributed by atoms with E-state index in [1.165, 1.54) is 30.5 Å². The van der Waals surface area contributed by atoms with Gasteiger partial charge in [-0.1, -0.05) is 0 Å². The fraction of sp³-hybridized carbons (Fsp3) is 0.0526. The Hall–Kier alpha value is -3.55. The van der Waals surface area contributed by atoms with Gasteiger partial charge in [0.25, 0.3) is 5.91 Å². The summed E-state index contributed by atoms with van der Waals surface area (Å²) in [6.07, 6.45) is 1.34. The number of nitrogens with two attached hydrogens (primary N) is 1. The Labute approximate surface area is 153 Å². The van der Waals surface area contributed by atoms with Crippen molar-refractivity contribution in [2.75, 3.05) is 10.6 Å². The zero-order valence-electron chi connectivity index (χ0n) is 14.2. The van der Waals surface area contributed by atoms with Gasteiger partial charge in [0.05, 0.1) is 23.1 Å². The van der Waals surface area contributed by atoms with Crippen molar-refractivity contribution < 1.29 is 18.0 Å². The summed E-state index contributed by atoms with van der Waals surface area (Å²) in [6, 6.07) is 8.69. The van der Waals surface area contributed by atoms with Crippen LogP contribution in [0.3, 0.4) is 0 Å². The zero-order valence-corrected chi connectivity index (χ0v) is 14.2. The summed E-state index contributed by atoms with van der Waals surface area (Å²) >= 11 is 0. The first-order chi connectivity index (χ1) is 12.8. The number of nitrogens with one attached hydrogen (secondary N) is 2. The third-order valence-electron chi connectivity index (χ3n) is 3.67. The summed E-state index contributed by atoms with van der Waals surface area (Å²) in [5.74, 6) is -2.60. The average molecular weight is 372 g/mol. The van der Waals surface area contributed by atoms with Gasteiger partial charge in [0, 0.05) is 11.8 Å². The first kappa shape index (κ1) is 18.2. The van der Waals surface area contributed by atoms with Crippen molar-refractivity contribution in [2.45, 2.75) is 6.92 Å². The van der Waals surface area contributed by atoms with Gasteiger partial charge in [-0.3, -0.25) is 4.79 Å². The largest absolute Gasteiger partial charge is 0.365 e. The van der Waals surface area contributed by atoms with Crippen LogP contribution in [0.1, 0.15) is 15.9 Å². The van der Waals surface area contributed by atoms with Crippen molar-refractivity contribution in [3.63, 3.8) is 0 Å². The van der Waals surface area contributed by atoms with Crippen LogP contribution >= 0.6 is 0 Å². The van der Waals surface area contributed by atoms with E-state index in [1.54, 1.807) is 13.0 Å². The summed E-state index contributed by atoms with van der Waals surface area (Å²) < 4.78 is 40.3. The Bertz CT molecular complexity index is 1000. The molecule has 1 amide bonds. The standard InChI is InChI=1S/C19H15F3N4O/c1-10-4-12(21)6-13(5-10)26-19-15(18(23)27)8-14(9-24-19)25-17-3-2-11(20)7-16(17)22/h2-9,25H,1H3,(H2,23,27)(H,24,26). The minimum atomic E-state index is -0.798. The molecule has 0 spiro atoms. The van der Waals surface area contributed by atoms with Crippen LogP contribution in [-0.2, 0) is 0 Å². The second-order valence-electron chi connectivity index (χ2n) is 5.88. The highest BCUT2D eigenvalue weighted by atomic mass is 19.1. The van der Waals surface area contributed by atoms with Gasteiger partial charge in [0.1, 0.15) is 23.3 Å². The van der Waals surface area contributed by atoms with E-state index in [0.29, 0.717) is 11.3 Å². The van der Waals surface area contributed by atoms with Gasteiger partial charge in [-0.25, -0.2) is 18.2 Å². The molecule has 4 N–H and O–H groups in total. The predicted octanol–water partition coefficient (Wildman–Crippen LogP) is 4.39. The summed E-state index contributed by atoms with van der Waals surface area (Å²) in [4.78, 5) is 15.9. The Kier molecular flexibility index (Phi) is 4.98. The number of hydrogen-bond acceptors (Lipinski definition) is 4. The van der Waals surface area contributed by atoms with Crippen LogP contribution in [0.4, 0.5) is 36.1 Å². The molecule has 0 saturated carbocycles. The fourth-order valence-corrected chi connectivity index (χ4v) is 2.51. The van der Waals surface area contributed by atoms with Gasteiger partial charge >= 0.3 is 0 Å². The maximum atomic E-state index is 13.8. The van der Waals surface area contributed by atoms with E-state index in [-0.39, 0.29) is 22.8 Å². The van der Waals surface area contributed by atoms with Crippen molar-refractivity contribution >= 4 is 28.8 Å². The number of carbonyl (C=O) groups is 1. The number of nitrogens with zero attached hydrogens (tertiary/aromatic N) is 1. The maximum absolute atomic E-state index is 13.8. The molecule has 8 heteroatoms. The molecular weight excluding hydrogens is 357 g/mol. The molecule has 0 fully saturated rings. The quantitative estimate of drug-likeness (QED) is 0.620. The highest BCUT2D eigenvalue weighted by Gasteiger charge is 2.13. The summed E-state index contributed by atoms with van der Waals surface area (Å²) in [7, 11) is 0. The predicted molar refractivity (Wildman–Crippen MR) is 96.8 cm³/mol. The van der Waals surface area contributed by atoms with E-state index in [0.717, 1.165) is 12.1 Å². The van der Waals surface area contributed by atoms with Gasteiger partial charge in [-0.05, 0) is 48.9 Å². The molecule has 0 aliphatic carbocycles. The molecule has 1 heterocycles. The Morgan fingerprint density at radius 2 is 1.74 bits per heavy atom. The summed E-state index contributed by atoms with van der Waals surface area (Å²) in [5, 5.41) is 5.55. The van der Waals surface area contributed by atoms with Crippen molar-refractivity contribution in [1.82, 2.24) is 4.98 Å². The Morgan fingerprint density at radius 3 is 2.41 bits per heavy atom. The normalized spacial score (nSPS) is 10.5. The molecular formula is C19H15F3N4O. The molecule has 1 aromatic heterocycles. The Balaban J connectivity index is 1.91. The molecule has 0 aliphatic heterocycles. The van der Waals surface area contributed by atoms with Crippen molar-refractivity contribution in [1.29, 1.82) is 0 Å². The average Bonchev–Trinajstić information content (AvgIpc) is 2.57. The van der Waals surface area contributed by atoms with Gasteiger partial charge in [-0.15, -0.1) is 0 Å². The molecule has 0 radical (unpaired) electrons. The van der Waals surface area contributed by atoms with Crippen LogP contribution in [-0.4, -0.2) is 10.9 Å². The third kappa shape index (κ3) is 4.35. The summed E-state index contributed by atoms with van der Waals surface area (Å²) in [5.41, 5.74) is 6.78. The number of hydrogen-bond donors (Lipinski definition) is 3. The maximum Gasteiger partial charge on any atom is 0.252 e. The smallest absolute Gasteiger partial charge is 0.252 e. The zero-order chi connectivity index (χ0) is 19.6. The lowest BCUT2D eigenvalue weighted by Gasteiger charge is -2.13. The molecule has 0 bridgehead atoms. The van der Waals surface area contributed by atoms with Gasteiger partial charge < -0.3 is 16.4 Å². The van der Waals surface area contributed by atoms with Gasteiger partial charge in [0.15, 0.2) is 0 Å². The Morgan fingerprint density at radius 1 is 0.963 bits per heavy atom. The van der Waals surface area contributed by atoms with E-state index in [2.05, 4.69) is 15.6 Å². The third-order valence-corrected chi connectivity index (χ3v) is 3.67. The van der Waals surface area contributed by atoms with Crippen molar-refractivity contribution in [3.05, 3.63) is 77.2 Å². The number of rotatable bonds is 5. The number of pyridine rings is 1. The second kappa shape index (κ2) is 7.36. The molecule has 0 atom stereocenters. The van der Waals surface area contributed by atoms with Crippen LogP contribution in [0.5, 0.6) is 0 Å². The monoisotopic (exact) mass is 372 g/mol. The number of aryl methyl sites for hydroxylation is 1. The van der Waals surface area contributed by atoms with E-state index in [9.17, 15) is 18.0 Å². The van der Waals surface area contributed by atoms with Gasteiger partial charge in [-0.2, -0.15) is 0 Å². The lowest BCUT2D eigenvalue weighted by Crippen LogP contribution is -2.15. The molecule has 0 saturated heterocycles. The lowest BCUT2D eigenvalue weighted by atomic mass is 10.2. The highest BCUT2D eigenvalue weighted by Crippen LogP contribution is 2.26. The highest BCUT2D eigenvalue weighted by molar-refractivity contribution is 5.99. The molecule has 3 rings (SSSR count). The number of carbonyl (C=O) groups excluding carboxylic acids is 1. The number of aromatic nitrogens is 1. The molecule has 5 nitrogen and oxygen atoms in total. The van der Waals surface area contributed by atoms with Crippen LogP contribution in [0.25, 0.3) is 0 Å². The number of benzene rings is 2. The minimum absolute atomic E-state index is 0.00934. The van der Waals surface area contributed by atoms with Crippen LogP contribution in [0.15, 0.2) is 48.7 Å². The second-order valence-corrected chi connectivity index (χ2v) is 5.88. The van der Waals surface area contributed by atoms with Crippen LogP contribution in [0.2, 0.25) is 0 Å². The van der Waals surface area contributed by atoms with Crippen LogP contribution < -0.4 is 16.4 Å². The lowest BCUT2D eigenvalue weighted by molar-refractivity contribution is 0.100. The number of halogens is 3. The van der Waals surface area contributed by atoms with E-state index >= 15 is 0 Å². The van der Waals surface area contributed by atoms with Gasteiger partial charge in [0.2, 0.25) is 0 Å². The van der Waals surface area contributed by atoms with Crippen molar-refractivity contribution in [3.8, 4) is 0 Å². The molecule has 0 aliphatic rings. The van der Waals surface area contributed by atoms with E-state index < -0.39 is 23.4 Å². The molecule has 0 unspecified atom stereocenters. The molecule has 3 aromatic rings. The molecule has 138 valence electrons. The van der Waals surface area contributed by atoms with Crippen molar-refractivity contribution in [2.24, 2.45) is 5.73 Å². The first-order valence-corrected chi connectivity index (χ1v) is 7.88. The van der Waals surface area contributed by atoms with E-state index in [4.69, 9.17) is 5.73 Å². The number of primary amides is 1. The number of anilines is 4. The molecule has 2 aromatic carbocycles. The number of amides is 1. The fourth-order valence-electron chi connectivity index (χ4n) is 2.51. The summed E-state index contributed by atoms with van der Waals surface area (Å²) in [6.45, 7) is 1.72. The minimum Gasteiger partial charge on any atom is -0.365 e. The molecule has 27 heavy (non-hydrogen) atoms. The first-order valence-electron chi connectivity index (χ1n) is 7.88. The van der Waals surface area contributed by atoms with E-state index in [1.807, 2.05) is 0 Å². The SMILES string of the molecule is Cc1cc(F)cc(Nc2ncc(Nc3ccc(F)cc3F)cc2C(N)=O)c1. The van der Waals surface area contributed by atoms with Crippen LogP contribution in [0, 0.1) is 24.4 Å².